The first kappa shape index (κ1) is 15.0. The van der Waals surface area contributed by atoms with Gasteiger partial charge in [0, 0.05) is 11.1 Å². The van der Waals surface area contributed by atoms with Crippen molar-refractivity contribution in [3.8, 4) is 11.5 Å². The third kappa shape index (κ3) is 3.03. The van der Waals surface area contributed by atoms with Crippen LogP contribution in [-0.4, -0.2) is 25.1 Å². The van der Waals surface area contributed by atoms with Crippen molar-refractivity contribution in [3.05, 3.63) is 59.4 Å². The molecule has 0 radical (unpaired) electrons. The summed E-state index contributed by atoms with van der Waals surface area (Å²) in [6.07, 6.45) is -1.57. The van der Waals surface area contributed by atoms with E-state index in [4.69, 9.17) is 9.47 Å². The van der Waals surface area contributed by atoms with Gasteiger partial charge in [-0.1, -0.05) is 18.2 Å². The summed E-state index contributed by atoms with van der Waals surface area (Å²) in [5.41, 5.74) is 0.153. The molecule has 0 fully saturated rings. The van der Waals surface area contributed by atoms with Crippen molar-refractivity contribution in [2.24, 2.45) is 0 Å². The predicted octanol–water partition coefficient (Wildman–Crippen LogP) is 2.76. The number of benzene rings is 2. The summed E-state index contributed by atoms with van der Waals surface area (Å²) in [4.78, 5) is 12.3. The fraction of sp³-hybridized carbons (Fsp3) is 0.188. The van der Waals surface area contributed by atoms with Gasteiger partial charge < -0.3 is 14.6 Å². The highest BCUT2D eigenvalue weighted by Gasteiger charge is 2.23. The number of ether oxygens (including phenoxy) is 2. The van der Waals surface area contributed by atoms with Gasteiger partial charge in [0.2, 0.25) is 0 Å². The van der Waals surface area contributed by atoms with Crippen LogP contribution in [0.1, 0.15) is 22.0 Å². The van der Waals surface area contributed by atoms with Crippen LogP contribution in [0.25, 0.3) is 0 Å². The normalized spacial score (nSPS) is 11.8. The number of carbonyl (C=O) groups excluding carboxylic acids is 1. The minimum absolute atomic E-state index is 0.0581. The number of hydrogen-bond donors (Lipinski definition) is 1. The van der Waals surface area contributed by atoms with Crippen LogP contribution < -0.4 is 9.47 Å². The molecule has 0 saturated carbocycles. The summed E-state index contributed by atoms with van der Waals surface area (Å²) in [7, 11) is 2.92. The quantitative estimate of drug-likeness (QED) is 0.860. The summed E-state index contributed by atoms with van der Waals surface area (Å²) < 4.78 is 23.8. The van der Waals surface area contributed by atoms with Gasteiger partial charge >= 0.3 is 0 Å². The van der Waals surface area contributed by atoms with E-state index >= 15 is 0 Å². The van der Waals surface area contributed by atoms with Gasteiger partial charge in [-0.15, -0.1) is 0 Å². The van der Waals surface area contributed by atoms with Gasteiger partial charge in [-0.05, 0) is 24.3 Å². The third-order valence-electron chi connectivity index (χ3n) is 3.12. The Morgan fingerprint density at radius 3 is 2.38 bits per heavy atom. The number of aliphatic hydroxyl groups excluding tert-OH is 1. The zero-order valence-corrected chi connectivity index (χ0v) is 11.7. The monoisotopic (exact) mass is 290 g/mol. The smallest absolute Gasteiger partial charge is 0.196 e. The second kappa shape index (κ2) is 6.37. The summed E-state index contributed by atoms with van der Waals surface area (Å²) in [5, 5.41) is 10.1. The molecule has 0 saturated heterocycles. The summed E-state index contributed by atoms with van der Waals surface area (Å²) in [5.74, 6) is -0.404. The van der Waals surface area contributed by atoms with Gasteiger partial charge in [0.05, 0.1) is 14.2 Å². The van der Waals surface area contributed by atoms with Crippen molar-refractivity contribution >= 4 is 5.78 Å². The Hall–Kier alpha value is -2.40. The van der Waals surface area contributed by atoms with E-state index < -0.39 is 17.7 Å². The molecule has 2 aromatic carbocycles. The fourth-order valence-electron chi connectivity index (χ4n) is 1.99. The molecule has 0 spiro atoms. The molecule has 1 atom stereocenters. The topological polar surface area (TPSA) is 55.8 Å². The molecule has 0 amide bonds. The minimum atomic E-state index is -1.57. The lowest BCUT2D eigenvalue weighted by Crippen LogP contribution is -2.14. The fourth-order valence-corrected chi connectivity index (χ4v) is 1.99. The molecular weight excluding hydrogens is 275 g/mol. The summed E-state index contributed by atoms with van der Waals surface area (Å²) in [6.45, 7) is 0. The van der Waals surface area contributed by atoms with Crippen LogP contribution in [0.4, 0.5) is 4.39 Å². The lowest BCUT2D eigenvalue weighted by Gasteiger charge is -2.13. The van der Waals surface area contributed by atoms with E-state index in [0.717, 1.165) is 0 Å². The van der Waals surface area contributed by atoms with E-state index in [0.29, 0.717) is 11.5 Å². The van der Waals surface area contributed by atoms with Crippen molar-refractivity contribution in [2.75, 3.05) is 14.2 Å². The average Bonchev–Trinajstić information content (AvgIpc) is 2.53. The molecule has 0 aromatic heterocycles. The van der Waals surface area contributed by atoms with Gasteiger partial charge in [-0.2, -0.15) is 0 Å². The maximum absolute atomic E-state index is 13.6. The van der Waals surface area contributed by atoms with E-state index in [1.807, 2.05) is 0 Å². The molecule has 0 heterocycles. The zero-order chi connectivity index (χ0) is 15.4. The first-order valence-electron chi connectivity index (χ1n) is 6.27. The highest BCUT2D eigenvalue weighted by molar-refractivity contribution is 6.00. The molecule has 110 valence electrons. The van der Waals surface area contributed by atoms with Gasteiger partial charge in [0.1, 0.15) is 11.9 Å². The van der Waals surface area contributed by atoms with E-state index in [2.05, 4.69) is 0 Å². The van der Waals surface area contributed by atoms with Crippen molar-refractivity contribution < 1.29 is 23.8 Å². The number of rotatable bonds is 5. The Morgan fingerprint density at radius 1 is 1.10 bits per heavy atom. The second-order valence-electron chi connectivity index (χ2n) is 4.36. The van der Waals surface area contributed by atoms with Crippen LogP contribution in [0, 0.1) is 5.82 Å². The molecule has 1 unspecified atom stereocenters. The SMILES string of the molecule is COc1ccc(C(=O)C(O)c2ccccc2F)cc1OC. The molecule has 4 nitrogen and oxygen atoms in total. The number of Topliss-reactive ketones (excluding diaryl/α,β-unsaturated/α-hetero) is 1. The Morgan fingerprint density at radius 2 is 1.76 bits per heavy atom. The summed E-state index contributed by atoms with van der Waals surface area (Å²) >= 11 is 0. The van der Waals surface area contributed by atoms with Gasteiger partial charge in [-0.25, -0.2) is 4.39 Å². The average molecular weight is 290 g/mol. The van der Waals surface area contributed by atoms with Crippen LogP contribution in [0.5, 0.6) is 11.5 Å². The minimum Gasteiger partial charge on any atom is -0.493 e. The van der Waals surface area contributed by atoms with Crippen molar-refractivity contribution in [3.63, 3.8) is 0 Å². The van der Waals surface area contributed by atoms with E-state index in [-0.39, 0.29) is 11.1 Å². The first-order chi connectivity index (χ1) is 10.1. The van der Waals surface area contributed by atoms with E-state index in [1.54, 1.807) is 12.1 Å². The zero-order valence-electron chi connectivity index (χ0n) is 11.7. The molecule has 0 aliphatic heterocycles. The van der Waals surface area contributed by atoms with E-state index in [1.165, 1.54) is 44.6 Å². The summed E-state index contributed by atoms with van der Waals surface area (Å²) in [6, 6.07) is 10.1. The maximum Gasteiger partial charge on any atom is 0.196 e. The van der Waals surface area contributed by atoms with Gasteiger partial charge in [-0.3, -0.25) is 4.79 Å². The standard InChI is InChI=1S/C16H15FO4/c1-20-13-8-7-10(9-14(13)21-2)15(18)16(19)11-5-3-4-6-12(11)17/h3-9,16,19H,1-2H3. The Bertz CT molecular complexity index is 654. The highest BCUT2D eigenvalue weighted by Crippen LogP contribution is 2.30. The predicted molar refractivity (Wildman–Crippen MR) is 75.2 cm³/mol. The van der Waals surface area contributed by atoms with Crippen LogP contribution in [0.15, 0.2) is 42.5 Å². The number of hydrogen-bond acceptors (Lipinski definition) is 4. The molecule has 2 rings (SSSR count). The molecule has 1 N–H and O–H groups in total. The van der Waals surface area contributed by atoms with Gasteiger partial charge in [0.15, 0.2) is 17.3 Å². The van der Waals surface area contributed by atoms with Crippen LogP contribution >= 0.6 is 0 Å². The Kier molecular flexibility index (Phi) is 4.55. The molecule has 0 aliphatic carbocycles. The maximum atomic E-state index is 13.6. The number of carbonyl (C=O) groups is 1. The Labute approximate surface area is 121 Å². The lowest BCUT2D eigenvalue weighted by atomic mass is 9.99. The van der Waals surface area contributed by atoms with Crippen molar-refractivity contribution in [2.45, 2.75) is 6.10 Å². The third-order valence-corrected chi connectivity index (χ3v) is 3.12. The van der Waals surface area contributed by atoms with Crippen molar-refractivity contribution in [1.82, 2.24) is 0 Å². The highest BCUT2D eigenvalue weighted by atomic mass is 19.1. The number of halogens is 1. The molecule has 2 aromatic rings. The van der Waals surface area contributed by atoms with Crippen molar-refractivity contribution in [1.29, 1.82) is 0 Å². The molecule has 0 bridgehead atoms. The number of aliphatic hydroxyl groups is 1. The largest absolute Gasteiger partial charge is 0.493 e. The molecule has 21 heavy (non-hydrogen) atoms. The number of methoxy groups -OCH3 is 2. The van der Waals surface area contributed by atoms with Gasteiger partial charge in [0.25, 0.3) is 0 Å². The molecular formula is C16H15FO4. The molecule has 5 heteroatoms. The Balaban J connectivity index is 2.34. The van der Waals surface area contributed by atoms with Crippen LogP contribution in [0.3, 0.4) is 0 Å². The first-order valence-corrected chi connectivity index (χ1v) is 6.27. The van der Waals surface area contributed by atoms with E-state index in [9.17, 15) is 14.3 Å². The lowest BCUT2D eigenvalue weighted by molar-refractivity contribution is 0.0740. The van der Waals surface area contributed by atoms with Crippen LogP contribution in [-0.2, 0) is 0 Å². The van der Waals surface area contributed by atoms with Crippen LogP contribution in [0.2, 0.25) is 0 Å². The molecule has 0 aliphatic rings. The number of ketones is 1. The second-order valence-corrected chi connectivity index (χ2v) is 4.36.